The third-order valence-corrected chi connectivity index (χ3v) is 3.12. The van der Waals surface area contributed by atoms with Gasteiger partial charge in [-0.15, -0.1) is 0 Å². The van der Waals surface area contributed by atoms with Crippen molar-refractivity contribution in [1.82, 2.24) is 5.16 Å². The Morgan fingerprint density at radius 1 is 1.38 bits per heavy atom. The number of para-hydroxylation sites is 1. The molecule has 3 rings (SSSR count). The molecular formula is C12H15N3O. The van der Waals surface area contributed by atoms with Gasteiger partial charge in [-0.3, -0.25) is 0 Å². The summed E-state index contributed by atoms with van der Waals surface area (Å²) in [4.78, 5) is 2.22. The molecule has 2 aromatic rings. The Balaban J connectivity index is 1.99. The minimum Gasteiger partial charge on any atom is -0.354 e. The van der Waals surface area contributed by atoms with Crippen molar-refractivity contribution in [3.8, 4) is 0 Å². The van der Waals surface area contributed by atoms with Crippen molar-refractivity contribution < 1.29 is 4.52 Å². The fraction of sp³-hybridized carbons (Fsp3) is 0.417. The monoisotopic (exact) mass is 217 g/mol. The SMILES string of the molecule is NC1CCCN(c2noc3ccccc23)C1. The molecule has 0 amide bonds. The largest absolute Gasteiger partial charge is 0.354 e. The van der Waals surface area contributed by atoms with Gasteiger partial charge in [-0.05, 0) is 25.0 Å². The van der Waals surface area contributed by atoms with Crippen molar-refractivity contribution in [2.45, 2.75) is 18.9 Å². The molecule has 1 fully saturated rings. The molecule has 1 aromatic carbocycles. The lowest BCUT2D eigenvalue weighted by Gasteiger charge is -2.30. The molecule has 0 radical (unpaired) electrons. The quantitative estimate of drug-likeness (QED) is 0.790. The number of aromatic nitrogens is 1. The fourth-order valence-electron chi connectivity index (χ4n) is 2.30. The summed E-state index contributed by atoms with van der Waals surface area (Å²) in [7, 11) is 0. The number of piperidine rings is 1. The summed E-state index contributed by atoms with van der Waals surface area (Å²) in [5, 5.41) is 5.23. The van der Waals surface area contributed by atoms with Crippen LogP contribution in [0.15, 0.2) is 28.8 Å². The number of nitrogens with zero attached hydrogens (tertiary/aromatic N) is 2. The molecule has 0 bridgehead atoms. The van der Waals surface area contributed by atoms with Crippen LogP contribution in [0, 0.1) is 0 Å². The predicted molar refractivity (Wildman–Crippen MR) is 63.4 cm³/mol. The molecule has 4 nitrogen and oxygen atoms in total. The van der Waals surface area contributed by atoms with Gasteiger partial charge in [0.15, 0.2) is 11.4 Å². The van der Waals surface area contributed by atoms with Gasteiger partial charge in [0, 0.05) is 19.1 Å². The van der Waals surface area contributed by atoms with E-state index < -0.39 is 0 Å². The van der Waals surface area contributed by atoms with Crippen LogP contribution in [-0.4, -0.2) is 24.3 Å². The number of fused-ring (bicyclic) bond motifs is 1. The summed E-state index contributed by atoms with van der Waals surface area (Å²) in [5.74, 6) is 0.936. The number of nitrogens with two attached hydrogens (primary N) is 1. The fourth-order valence-corrected chi connectivity index (χ4v) is 2.30. The summed E-state index contributed by atoms with van der Waals surface area (Å²) < 4.78 is 5.31. The van der Waals surface area contributed by atoms with E-state index in [-0.39, 0.29) is 6.04 Å². The number of anilines is 1. The molecule has 0 saturated carbocycles. The van der Waals surface area contributed by atoms with Crippen LogP contribution < -0.4 is 10.6 Å². The summed E-state index contributed by atoms with van der Waals surface area (Å²) in [6.07, 6.45) is 2.23. The van der Waals surface area contributed by atoms with Crippen LogP contribution in [-0.2, 0) is 0 Å². The smallest absolute Gasteiger partial charge is 0.180 e. The molecule has 2 N–H and O–H groups in total. The summed E-state index contributed by atoms with van der Waals surface area (Å²) in [5.41, 5.74) is 6.82. The highest BCUT2D eigenvalue weighted by atomic mass is 16.5. The highest BCUT2D eigenvalue weighted by Crippen LogP contribution is 2.27. The van der Waals surface area contributed by atoms with Crippen LogP contribution in [0.2, 0.25) is 0 Å². The molecule has 1 unspecified atom stereocenters. The lowest BCUT2D eigenvalue weighted by Crippen LogP contribution is -2.43. The zero-order chi connectivity index (χ0) is 11.0. The van der Waals surface area contributed by atoms with Crippen LogP contribution >= 0.6 is 0 Å². The first kappa shape index (κ1) is 9.66. The van der Waals surface area contributed by atoms with Crippen molar-refractivity contribution in [3.05, 3.63) is 24.3 Å². The Kier molecular flexibility index (Phi) is 2.29. The Morgan fingerprint density at radius 3 is 3.12 bits per heavy atom. The van der Waals surface area contributed by atoms with Crippen LogP contribution in [0.5, 0.6) is 0 Å². The van der Waals surface area contributed by atoms with Gasteiger partial charge < -0.3 is 15.2 Å². The topological polar surface area (TPSA) is 55.3 Å². The molecule has 1 aromatic heterocycles. The average Bonchev–Trinajstić information content (AvgIpc) is 2.72. The van der Waals surface area contributed by atoms with Gasteiger partial charge in [0.2, 0.25) is 0 Å². The van der Waals surface area contributed by atoms with Gasteiger partial charge in [-0.25, -0.2) is 0 Å². The summed E-state index contributed by atoms with van der Waals surface area (Å²) in [6.45, 7) is 1.89. The summed E-state index contributed by atoms with van der Waals surface area (Å²) in [6, 6.07) is 8.20. The second kappa shape index (κ2) is 3.79. The van der Waals surface area contributed by atoms with E-state index in [2.05, 4.69) is 10.1 Å². The van der Waals surface area contributed by atoms with E-state index in [9.17, 15) is 0 Å². The third kappa shape index (κ3) is 1.55. The first-order valence-electron chi connectivity index (χ1n) is 5.69. The highest BCUT2D eigenvalue weighted by molar-refractivity contribution is 5.88. The number of hydrogen-bond acceptors (Lipinski definition) is 4. The van der Waals surface area contributed by atoms with E-state index in [1.54, 1.807) is 0 Å². The van der Waals surface area contributed by atoms with E-state index in [1.165, 1.54) is 0 Å². The Morgan fingerprint density at radius 2 is 2.25 bits per heavy atom. The molecule has 84 valence electrons. The second-order valence-corrected chi connectivity index (χ2v) is 4.35. The zero-order valence-electron chi connectivity index (χ0n) is 9.10. The maximum absolute atomic E-state index is 5.98. The molecule has 1 aliphatic rings. The second-order valence-electron chi connectivity index (χ2n) is 4.35. The van der Waals surface area contributed by atoms with Crippen molar-refractivity contribution in [1.29, 1.82) is 0 Å². The van der Waals surface area contributed by atoms with Gasteiger partial charge in [-0.1, -0.05) is 17.3 Å². The Hall–Kier alpha value is -1.55. The lowest BCUT2D eigenvalue weighted by molar-refractivity contribution is 0.443. The van der Waals surface area contributed by atoms with E-state index >= 15 is 0 Å². The molecule has 16 heavy (non-hydrogen) atoms. The van der Waals surface area contributed by atoms with Crippen LogP contribution in [0.3, 0.4) is 0 Å². The number of benzene rings is 1. The van der Waals surface area contributed by atoms with Gasteiger partial charge in [0.1, 0.15) is 0 Å². The minimum absolute atomic E-state index is 0.254. The Bertz CT molecular complexity index is 494. The molecular weight excluding hydrogens is 202 g/mol. The zero-order valence-corrected chi connectivity index (χ0v) is 9.10. The minimum atomic E-state index is 0.254. The number of rotatable bonds is 1. The maximum atomic E-state index is 5.98. The first-order valence-corrected chi connectivity index (χ1v) is 5.69. The average molecular weight is 217 g/mol. The van der Waals surface area contributed by atoms with Gasteiger partial charge in [0.25, 0.3) is 0 Å². The molecule has 2 heterocycles. The maximum Gasteiger partial charge on any atom is 0.180 e. The van der Waals surface area contributed by atoms with E-state index in [1.807, 2.05) is 24.3 Å². The normalized spacial score (nSPS) is 21.6. The third-order valence-electron chi connectivity index (χ3n) is 3.12. The van der Waals surface area contributed by atoms with Crippen LogP contribution in [0.1, 0.15) is 12.8 Å². The standard InChI is InChI=1S/C12H15N3O/c13-9-4-3-7-15(8-9)12-10-5-1-2-6-11(10)16-14-12/h1-2,5-6,9H,3-4,7-8,13H2. The van der Waals surface area contributed by atoms with E-state index in [0.717, 1.165) is 42.7 Å². The van der Waals surface area contributed by atoms with Crippen molar-refractivity contribution in [2.24, 2.45) is 5.73 Å². The Labute approximate surface area is 94.0 Å². The number of hydrogen-bond donors (Lipinski definition) is 1. The van der Waals surface area contributed by atoms with Crippen molar-refractivity contribution >= 4 is 16.8 Å². The molecule has 1 saturated heterocycles. The van der Waals surface area contributed by atoms with Crippen LogP contribution in [0.25, 0.3) is 11.0 Å². The molecule has 1 aliphatic heterocycles. The van der Waals surface area contributed by atoms with Crippen LogP contribution in [0.4, 0.5) is 5.82 Å². The summed E-state index contributed by atoms with van der Waals surface area (Å²) >= 11 is 0. The van der Waals surface area contributed by atoms with E-state index in [4.69, 9.17) is 10.3 Å². The van der Waals surface area contributed by atoms with Gasteiger partial charge in [-0.2, -0.15) is 0 Å². The predicted octanol–water partition coefficient (Wildman–Crippen LogP) is 1.76. The molecule has 0 aliphatic carbocycles. The first-order chi connectivity index (χ1) is 7.84. The highest BCUT2D eigenvalue weighted by Gasteiger charge is 2.21. The van der Waals surface area contributed by atoms with E-state index in [0.29, 0.717) is 0 Å². The van der Waals surface area contributed by atoms with Gasteiger partial charge >= 0.3 is 0 Å². The van der Waals surface area contributed by atoms with Crippen molar-refractivity contribution in [3.63, 3.8) is 0 Å². The lowest BCUT2D eigenvalue weighted by atomic mass is 10.1. The molecule has 1 atom stereocenters. The van der Waals surface area contributed by atoms with Gasteiger partial charge in [0.05, 0.1) is 5.39 Å². The molecule has 0 spiro atoms. The molecule has 4 heteroatoms. The van der Waals surface area contributed by atoms with Crippen molar-refractivity contribution in [2.75, 3.05) is 18.0 Å².